The van der Waals surface area contributed by atoms with E-state index in [0.717, 1.165) is 17.5 Å². The maximum Gasteiger partial charge on any atom is 0.408 e. The number of likely N-dealkylation sites (tertiary alicyclic amines) is 1. The van der Waals surface area contributed by atoms with E-state index < -0.39 is 41.1 Å². The molecule has 0 spiro atoms. The van der Waals surface area contributed by atoms with Crippen molar-refractivity contribution >= 4 is 54.4 Å². The number of ether oxygens (including phenoxy) is 3. The van der Waals surface area contributed by atoms with Gasteiger partial charge in [-0.3, -0.25) is 19.3 Å². The average molecular weight is 680 g/mol. The van der Waals surface area contributed by atoms with Crippen LogP contribution in [0.4, 0.5) is 4.79 Å². The van der Waals surface area contributed by atoms with Crippen molar-refractivity contribution in [1.29, 1.82) is 0 Å². The number of carbonyl (C=O) groups is 5. The molecule has 248 valence electrons. The summed E-state index contributed by atoms with van der Waals surface area (Å²) >= 11 is 2.92. The van der Waals surface area contributed by atoms with Gasteiger partial charge in [0.15, 0.2) is 6.10 Å². The van der Waals surface area contributed by atoms with Crippen molar-refractivity contribution in [3.63, 3.8) is 0 Å². The zero-order valence-electron chi connectivity index (χ0n) is 26.3. The molecule has 13 heteroatoms. The van der Waals surface area contributed by atoms with E-state index in [2.05, 4.69) is 5.32 Å². The van der Waals surface area contributed by atoms with Gasteiger partial charge in [0.1, 0.15) is 29.3 Å². The van der Waals surface area contributed by atoms with Crippen molar-refractivity contribution in [2.45, 2.75) is 61.6 Å². The van der Waals surface area contributed by atoms with Gasteiger partial charge in [0, 0.05) is 17.5 Å². The number of alkyl carbamates (subject to hydrolysis) is 1. The van der Waals surface area contributed by atoms with Crippen LogP contribution in [0.15, 0.2) is 83.4 Å². The Labute approximate surface area is 282 Å². The standard InChI is InChI=1S/C34H37N3O8S2/c1-34(2,3)45-33(42)35-27-30(40)37-28(32(41)44-29(22-10-6-4-7-11-22)23-12-8-5-9-13-23)24(19-47-31(27)37)14-15-46-26-16-25(18-43-21-39)36(17-26)20-38/h4-15,20-21,25-27,29,31H,16-19H2,1-3H3,(H,35,42)/t25-,26-,27+,31+/m0/s1. The first-order valence-electron chi connectivity index (χ1n) is 15.2. The highest BCUT2D eigenvalue weighted by atomic mass is 32.2. The summed E-state index contributed by atoms with van der Waals surface area (Å²) in [6.45, 7) is 6.19. The smallest absolute Gasteiger partial charge is 0.408 e. The number of nitrogens with one attached hydrogen (secondary N) is 1. The first-order valence-corrected chi connectivity index (χ1v) is 17.1. The SMILES string of the molecule is CC(C)(C)OC(=O)N[C@@H]1C(=O)N2C(C(=O)OC(c3ccccc3)c3ccccc3)=C(C=CS[C@H]3C[C@@H](COC=O)N(C=O)C3)CS[C@H]12. The average Bonchev–Trinajstić information content (AvgIpc) is 3.46. The number of thioether (sulfide) groups is 2. The molecule has 0 saturated carbocycles. The van der Waals surface area contributed by atoms with E-state index in [4.69, 9.17) is 14.2 Å². The number of amides is 3. The molecule has 3 aliphatic heterocycles. The number of benzene rings is 2. The molecule has 2 aromatic rings. The Morgan fingerprint density at radius 3 is 2.32 bits per heavy atom. The Kier molecular flexibility index (Phi) is 11.0. The number of carbonyl (C=O) groups excluding carboxylic acids is 5. The number of hydrogen-bond acceptors (Lipinski definition) is 10. The highest BCUT2D eigenvalue weighted by Gasteiger charge is 2.55. The first kappa shape index (κ1) is 34.1. The van der Waals surface area contributed by atoms with Crippen molar-refractivity contribution < 1.29 is 38.2 Å². The van der Waals surface area contributed by atoms with Gasteiger partial charge in [-0.1, -0.05) is 60.7 Å². The van der Waals surface area contributed by atoms with E-state index in [1.807, 2.05) is 66.1 Å². The van der Waals surface area contributed by atoms with E-state index in [1.165, 1.54) is 28.4 Å². The molecule has 2 saturated heterocycles. The van der Waals surface area contributed by atoms with Crippen LogP contribution in [-0.4, -0.2) is 87.9 Å². The molecular weight excluding hydrogens is 643 g/mol. The monoisotopic (exact) mass is 679 g/mol. The minimum atomic E-state index is -0.866. The minimum absolute atomic E-state index is 0.0466. The molecular formula is C34H37N3O8S2. The van der Waals surface area contributed by atoms with Crippen molar-refractivity contribution in [3.05, 3.63) is 94.5 Å². The fourth-order valence-corrected chi connectivity index (χ4v) is 7.99. The second-order valence-electron chi connectivity index (χ2n) is 12.2. The number of fused-ring (bicyclic) bond motifs is 1. The number of allylic oxidation sites excluding steroid dienone is 1. The van der Waals surface area contributed by atoms with Gasteiger partial charge in [0.25, 0.3) is 12.4 Å². The molecule has 2 aromatic carbocycles. The van der Waals surface area contributed by atoms with E-state index in [9.17, 15) is 24.0 Å². The van der Waals surface area contributed by atoms with Gasteiger partial charge in [0.2, 0.25) is 6.41 Å². The Morgan fingerprint density at radius 2 is 1.72 bits per heavy atom. The fourth-order valence-electron chi connectivity index (χ4n) is 5.61. The summed E-state index contributed by atoms with van der Waals surface area (Å²) in [5.41, 5.74) is 1.52. The second-order valence-corrected chi connectivity index (χ2v) is 14.5. The summed E-state index contributed by atoms with van der Waals surface area (Å²) in [6.07, 6.45) is 1.75. The largest absolute Gasteiger partial charge is 0.466 e. The summed E-state index contributed by atoms with van der Waals surface area (Å²) in [4.78, 5) is 65.4. The van der Waals surface area contributed by atoms with E-state index in [0.29, 0.717) is 30.8 Å². The Hall–Kier alpha value is -4.23. The van der Waals surface area contributed by atoms with Gasteiger partial charge in [0.05, 0.1) is 6.04 Å². The number of esters is 1. The molecule has 5 rings (SSSR count). The van der Waals surface area contributed by atoms with Crippen LogP contribution in [0.3, 0.4) is 0 Å². The molecule has 0 aliphatic carbocycles. The highest BCUT2D eigenvalue weighted by molar-refractivity contribution is 8.02. The van der Waals surface area contributed by atoms with E-state index in [1.54, 1.807) is 31.7 Å². The number of β-lactam (4-membered cyclic amide) rings is 1. The zero-order chi connectivity index (χ0) is 33.6. The lowest BCUT2D eigenvalue weighted by atomic mass is 10.0. The molecule has 47 heavy (non-hydrogen) atoms. The van der Waals surface area contributed by atoms with Crippen molar-refractivity contribution in [2.75, 3.05) is 18.9 Å². The molecule has 3 amide bonds. The number of rotatable bonds is 12. The van der Waals surface area contributed by atoms with Crippen LogP contribution >= 0.6 is 23.5 Å². The van der Waals surface area contributed by atoms with Crippen LogP contribution in [0, 0.1) is 0 Å². The van der Waals surface area contributed by atoms with Gasteiger partial charge in [-0.15, -0.1) is 23.5 Å². The van der Waals surface area contributed by atoms with Crippen LogP contribution in [0.25, 0.3) is 0 Å². The van der Waals surface area contributed by atoms with Gasteiger partial charge in [-0.25, -0.2) is 9.59 Å². The predicted octanol–water partition coefficient (Wildman–Crippen LogP) is 4.40. The normalized spacial score (nSPS) is 22.5. The summed E-state index contributed by atoms with van der Waals surface area (Å²) in [5.74, 6) is -0.726. The molecule has 0 unspecified atom stereocenters. The van der Waals surface area contributed by atoms with E-state index in [-0.39, 0.29) is 23.6 Å². The molecule has 2 fully saturated rings. The predicted molar refractivity (Wildman–Crippen MR) is 178 cm³/mol. The van der Waals surface area contributed by atoms with Crippen molar-refractivity contribution in [3.8, 4) is 0 Å². The number of nitrogens with zero attached hydrogens (tertiary/aromatic N) is 2. The van der Waals surface area contributed by atoms with Crippen LogP contribution in [0.5, 0.6) is 0 Å². The van der Waals surface area contributed by atoms with Crippen molar-refractivity contribution in [2.24, 2.45) is 0 Å². The Balaban J connectivity index is 1.40. The molecule has 0 aromatic heterocycles. The number of hydrogen-bond donors (Lipinski definition) is 1. The molecule has 3 aliphatic rings. The fraction of sp³-hybridized carbons (Fsp3) is 0.382. The molecule has 3 heterocycles. The third kappa shape index (κ3) is 8.20. The molecule has 4 atom stereocenters. The maximum atomic E-state index is 14.1. The van der Waals surface area contributed by atoms with Gasteiger partial charge >= 0.3 is 12.1 Å². The maximum absolute atomic E-state index is 14.1. The summed E-state index contributed by atoms with van der Waals surface area (Å²) < 4.78 is 16.4. The lowest BCUT2D eigenvalue weighted by molar-refractivity contribution is -0.153. The summed E-state index contributed by atoms with van der Waals surface area (Å²) in [7, 11) is 0. The lowest BCUT2D eigenvalue weighted by Gasteiger charge is -2.49. The zero-order valence-corrected chi connectivity index (χ0v) is 27.9. The molecule has 1 N–H and O–H groups in total. The quantitative estimate of drug-likeness (QED) is 0.149. The highest BCUT2D eigenvalue weighted by Crippen LogP contribution is 2.42. The Morgan fingerprint density at radius 1 is 1.06 bits per heavy atom. The summed E-state index contributed by atoms with van der Waals surface area (Å²) in [5, 5.41) is 4.04. The van der Waals surface area contributed by atoms with Crippen LogP contribution < -0.4 is 5.32 Å². The topological polar surface area (TPSA) is 132 Å². The van der Waals surface area contributed by atoms with Crippen LogP contribution in [0.1, 0.15) is 44.4 Å². The van der Waals surface area contributed by atoms with Gasteiger partial charge in [-0.2, -0.15) is 0 Å². The van der Waals surface area contributed by atoms with Crippen LogP contribution in [0.2, 0.25) is 0 Å². The van der Waals surface area contributed by atoms with Crippen molar-refractivity contribution in [1.82, 2.24) is 15.1 Å². The van der Waals surface area contributed by atoms with Gasteiger partial charge in [-0.05, 0) is 55.4 Å². The molecule has 0 radical (unpaired) electrons. The molecule has 11 nitrogen and oxygen atoms in total. The van der Waals surface area contributed by atoms with Crippen LogP contribution in [-0.2, 0) is 33.4 Å². The first-order chi connectivity index (χ1) is 22.6. The second kappa shape index (κ2) is 15.1. The van der Waals surface area contributed by atoms with E-state index >= 15 is 0 Å². The lowest BCUT2D eigenvalue weighted by Crippen LogP contribution is -2.70. The third-order valence-corrected chi connectivity index (χ3v) is 10.1. The van der Waals surface area contributed by atoms with Gasteiger partial charge < -0.3 is 24.4 Å². The summed E-state index contributed by atoms with van der Waals surface area (Å²) in [6, 6.07) is 17.7. The molecule has 0 bridgehead atoms. The Bertz CT molecular complexity index is 1490. The third-order valence-electron chi connectivity index (χ3n) is 7.74. The minimum Gasteiger partial charge on any atom is -0.466 e.